The molecule has 102 valence electrons. The van der Waals surface area contributed by atoms with Crippen LogP contribution in [0.3, 0.4) is 0 Å². The lowest BCUT2D eigenvalue weighted by Gasteiger charge is -2.37. The Labute approximate surface area is 107 Å². The molecule has 0 aliphatic heterocycles. The largest absolute Gasteiger partial charge is 0.396 e. The molecule has 2 atom stereocenters. The first-order valence-electron chi connectivity index (χ1n) is 7.46. The molecular weight excluding hydrogens is 210 g/mol. The van der Waals surface area contributed by atoms with E-state index >= 15 is 0 Å². The molecule has 0 spiro atoms. The Kier molecular flexibility index (Phi) is 6.50. The van der Waals surface area contributed by atoms with Crippen molar-refractivity contribution in [1.82, 2.24) is 5.32 Å². The summed E-state index contributed by atoms with van der Waals surface area (Å²) in [6, 6.07) is 0.579. The van der Waals surface area contributed by atoms with Crippen LogP contribution in [0, 0.1) is 11.3 Å². The number of rotatable bonds is 7. The average Bonchev–Trinajstić information content (AvgIpc) is 2.37. The van der Waals surface area contributed by atoms with Crippen molar-refractivity contribution in [2.45, 2.75) is 71.8 Å². The monoisotopic (exact) mass is 241 g/mol. The van der Waals surface area contributed by atoms with Gasteiger partial charge in [-0.2, -0.15) is 0 Å². The highest BCUT2D eigenvalue weighted by Gasteiger charge is 2.31. The molecule has 2 unspecified atom stereocenters. The fraction of sp³-hybridized carbons (Fsp3) is 1.00. The summed E-state index contributed by atoms with van der Waals surface area (Å²) < 4.78 is 0. The summed E-state index contributed by atoms with van der Waals surface area (Å²) in [6.07, 6.45) is 8.85. The summed E-state index contributed by atoms with van der Waals surface area (Å²) in [5.74, 6) is 0.800. The molecule has 0 radical (unpaired) electrons. The molecule has 17 heavy (non-hydrogen) atoms. The zero-order valence-corrected chi connectivity index (χ0v) is 12.0. The van der Waals surface area contributed by atoms with Gasteiger partial charge in [-0.15, -0.1) is 0 Å². The number of hydrogen-bond donors (Lipinski definition) is 2. The molecular formula is C15H31NO. The van der Waals surface area contributed by atoms with E-state index in [1.807, 2.05) is 0 Å². The van der Waals surface area contributed by atoms with Gasteiger partial charge in [0, 0.05) is 24.6 Å². The van der Waals surface area contributed by atoms with E-state index < -0.39 is 0 Å². The minimum absolute atomic E-state index is 0.183. The Bertz CT molecular complexity index is 199. The quantitative estimate of drug-likeness (QED) is 0.716. The van der Waals surface area contributed by atoms with Crippen molar-refractivity contribution in [1.29, 1.82) is 0 Å². The van der Waals surface area contributed by atoms with Crippen LogP contribution in [-0.4, -0.2) is 24.3 Å². The zero-order valence-electron chi connectivity index (χ0n) is 12.0. The molecule has 1 aliphatic carbocycles. The molecule has 1 saturated carbocycles. The van der Waals surface area contributed by atoms with Gasteiger partial charge in [-0.05, 0) is 32.1 Å². The van der Waals surface area contributed by atoms with Crippen LogP contribution in [0.25, 0.3) is 0 Å². The Balaban J connectivity index is 2.31. The fourth-order valence-corrected chi connectivity index (χ4v) is 2.94. The van der Waals surface area contributed by atoms with Crippen molar-refractivity contribution in [3.8, 4) is 0 Å². The van der Waals surface area contributed by atoms with Crippen LogP contribution in [0.2, 0.25) is 0 Å². The first-order valence-corrected chi connectivity index (χ1v) is 7.46. The summed E-state index contributed by atoms with van der Waals surface area (Å²) in [5, 5.41) is 13.3. The van der Waals surface area contributed by atoms with E-state index in [1.165, 1.54) is 44.9 Å². The standard InChI is InChI=1S/C15H31NO/c1-4-13(2)10-14(3)16-11-15(12-17)8-6-5-7-9-15/h13-14,16-17H,4-12H2,1-3H3. The van der Waals surface area contributed by atoms with Crippen LogP contribution in [-0.2, 0) is 0 Å². The van der Waals surface area contributed by atoms with Gasteiger partial charge in [0.05, 0.1) is 0 Å². The second kappa shape index (κ2) is 7.38. The van der Waals surface area contributed by atoms with E-state index in [9.17, 15) is 5.11 Å². The van der Waals surface area contributed by atoms with E-state index in [0.29, 0.717) is 12.6 Å². The average molecular weight is 241 g/mol. The van der Waals surface area contributed by atoms with Gasteiger partial charge < -0.3 is 10.4 Å². The molecule has 0 saturated heterocycles. The van der Waals surface area contributed by atoms with Crippen LogP contribution in [0.5, 0.6) is 0 Å². The molecule has 0 aromatic carbocycles. The third kappa shape index (κ3) is 4.97. The predicted octanol–water partition coefficient (Wildman–Crippen LogP) is 3.34. The normalized spacial score (nSPS) is 23.3. The van der Waals surface area contributed by atoms with Crippen molar-refractivity contribution in [2.75, 3.05) is 13.2 Å². The molecule has 0 bridgehead atoms. The Morgan fingerprint density at radius 2 is 1.82 bits per heavy atom. The van der Waals surface area contributed by atoms with Crippen LogP contribution < -0.4 is 5.32 Å². The molecule has 0 aromatic rings. The van der Waals surface area contributed by atoms with Gasteiger partial charge in [-0.3, -0.25) is 0 Å². The highest BCUT2D eigenvalue weighted by atomic mass is 16.3. The third-order valence-corrected chi connectivity index (χ3v) is 4.53. The summed E-state index contributed by atoms with van der Waals surface area (Å²) in [7, 11) is 0. The smallest absolute Gasteiger partial charge is 0.0499 e. The second-order valence-corrected chi connectivity index (χ2v) is 6.25. The maximum Gasteiger partial charge on any atom is 0.0499 e. The molecule has 1 rings (SSSR count). The lowest BCUT2D eigenvalue weighted by Crippen LogP contribution is -2.42. The Morgan fingerprint density at radius 1 is 1.18 bits per heavy atom. The molecule has 1 fully saturated rings. The van der Waals surface area contributed by atoms with E-state index in [-0.39, 0.29) is 5.41 Å². The van der Waals surface area contributed by atoms with Crippen LogP contribution in [0.1, 0.15) is 65.7 Å². The maximum absolute atomic E-state index is 9.64. The molecule has 2 nitrogen and oxygen atoms in total. The van der Waals surface area contributed by atoms with Crippen LogP contribution >= 0.6 is 0 Å². The third-order valence-electron chi connectivity index (χ3n) is 4.53. The highest BCUT2D eigenvalue weighted by Crippen LogP contribution is 2.35. The van der Waals surface area contributed by atoms with Crippen molar-refractivity contribution in [2.24, 2.45) is 11.3 Å². The van der Waals surface area contributed by atoms with Gasteiger partial charge in [-0.1, -0.05) is 39.5 Å². The number of nitrogens with one attached hydrogen (secondary N) is 1. The van der Waals surface area contributed by atoms with Gasteiger partial charge >= 0.3 is 0 Å². The molecule has 2 heteroatoms. The van der Waals surface area contributed by atoms with Crippen molar-refractivity contribution in [3.63, 3.8) is 0 Å². The molecule has 0 heterocycles. The van der Waals surface area contributed by atoms with Gasteiger partial charge in [0.1, 0.15) is 0 Å². The van der Waals surface area contributed by atoms with E-state index in [0.717, 1.165) is 12.5 Å². The lowest BCUT2D eigenvalue weighted by molar-refractivity contribution is 0.0780. The summed E-state index contributed by atoms with van der Waals surface area (Å²) >= 11 is 0. The fourth-order valence-electron chi connectivity index (χ4n) is 2.94. The molecule has 0 aromatic heterocycles. The van der Waals surface area contributed by atoms with E-state index in [2.05, 4.69) is 26.1 Å². The van der Waals surface area contributed by atoms with Gasteiger partial charge in [-0.25, -0.2) is 0 Å². The zero-order chi connectivity index (χ0) is 12.7. The number of aliphatic hydroxyl groups excluding tert-OH is 1. The molecule has 2 N–H and O–H groups in total. The summed E-state index contributed by atoms with van der Waals surface area (Å²) in [5.41, 5.74) is 0.183. The van der Waals surface area contributed by atoms with Gasteiger partial charge in [0.25, 0.3) is 0 Å². The van der Waals surface area contributed by atoms with Crippen LogP contribution in [0.15, 0.2) is 0 Å². The topological polar surface area (TPSA) is 32.3 Å². The van der Waals surface area contributed by atoms with Crippen molar-refractivity contribution in [3.05, 3.63) is 0 Å². The Hall–Kier alpha value is -0.0800. The summed E-state index contributed by atoms with van der Waals surface area (Å²) in [6.45, 7) is 8.21. The van der Waals surface area contributed by atoms with Gasteiger partial charge in [0.2, 0.25) is 0 Å². The van der Waals surface area contributed by atoms with E-state index in [4.69, 9.17) is 0 Å². The first kappa shape index (κ1) is 15.0. The van der Waals surface area contributed by atoms with E-state index in [1.54, 1.807) is 0 Å². The van der Waals surface area contributed by atoms with Gasteiger partial charge in [0.15, 0.2) is 0 Å². The van der Waals surface area contributed by atoms with Crippen molar-refractivity contribution < 1.29 is 5.11 Å². The lowest BCUT2D eigenvalue weighted by atomic mass is 9.74. The molecule has 0 amide bonds. The minimum Gasteiger partial charge on any atom is -0.396 e. The minimum atomic E-state index is 0.183. The predicted molar refractivity (Wildman–Crippen MR) is 74.1 cm³/mol. The maximum atomic E-state index is 9.64. The van der Waals surface area contributed by atoms with Crippen molar-refractivity contribution >= 4 is 0 Å². The SMILES string of the molecule is CCC(C)CC(C)NCC1(CO)CCCCC1. The second-order valence-electron chi connectivity index (χ2n) is 6.25. The Morgan fingerprint density at radius 3 is 2.35 bits per heavy atom. The number of aliphatic hydroxyl groups is 1. The summed E-state index contributed by atoms with van der Waals surface area (Å²) in [4.78, 5) is 0. The highest BCUT2D eigenvalue weighted by molar-refractivity contribution is 4.85. The van der Waals surface area contributed by atoms with Crippen LogP contribution in [0.4, 0.5) is 0 Å². The first-order chi connectivity index (χ1) is 8.12. The number of hydrogen-bond acceptors (Lipinski definition) is 2. The molecule has 1 aliphatic rings.